The van der Waals surface area contributed by atoms with E-state index in [0.717, 1.165) is 0 Å². The van der Waals surface area contributed by atoms with E-state index in [9.17, 15) is 14.7 Å². The average molecular weight is 310 g/mol. The molecule has 1 aromatic carbocycles. The zero-order valence-electron chi connectivity index (χ0n) is 11.4. The number of hydrogen-bond acceptors (Lipinski definition) is 3. The van der Waals surface area contributed by atoms with E-state index in [1.807, 2.05) is 0 Å². The third-order valence-corrected chi connectivity index (χ3v) is 3.87. The summed E-state index contributed by atoms with van der Waals surface area (Å²) in [6.45, 7) is 3.97. The summed E-state index contributed by atoms with van der Waals surface area (Å²) in [5.41, 5.74) is -0.542. The van der Waals surface area contributed by atoms with Gasteiger partial charge >= 0.3 is 12.1 Å². The summed E-state index contributed by atoms with van der Waals surface area (Å²) in [7, 11) is 0. The molecule has 0 bridgehead atoms. The zero-order valence-corrected chi connectivity index (χ0v) is 12.2. The standard InChI is InChI=1S/C15H16ClNO4/c1-2-8-21-14(20)17-7-6-15(10-17,13(18)19)11-4-3-5-12(16)9-11/h2-5,9H,1,6-8,10H2,(H,18,19). The SMILES string of the molecule is C=CCOC(=O)N1CCC(C(=O)O)(c2cccc(Cl)c2)C1. The van der Waals surface area contributed by atoms with Crippen LogP contribution in [0, 0.1) is 0 Å². The second-order valence-corrected chi connectivity index (χ2v) is 5.37. The van der Waals surface area contributed by atoms with Crippen molar-refractivity contribution in [1.82, 2.24) is 4.90 Å². The highest BCUT2D eigenvalue weighted by Crippen LogP contribution is 2.36. The molecule has 5 nitrogen and oxygen atoms in total. The minimum atomic E-state index is -1.14. The topological polar surface area (TPSA) is 66.8 Å². The van der Waals surface area contributed by atoms with Gasteiger partial charge in [-0.05, 0) is 24.1 Å². The van der Waals surface area contributed by atoms with Gasteiger partial charge in [-0.3, -0.25) is 4.79 Å². The molecule has 0 radical (unpaired) electrons. The molecule has 112 valence electrons. The molecule has 1 N–H and O–H groups in total. The van der Waals surface area contributed by atoms with E-state index in [4.69, 9.17) is 16.3 Å². The first-order valence-corrected chi connectivity index (χ1v) is 6.89. The van der Waals surface area contributed by atoms with Crippen molar-refractivity contribution in [2.75, 3.05) is 19.7 Å². The monoisotopic (exact) mass is 309 g/mol. The Labute approximate surface area is 127 Å². The van der Waals surface area contributed by atoms with Crippen molar-refractivity contribution in [2.45, 2.75) is 11.8 Å². The van der Waals surface area contributed by atoms with E-state index in [-0.39, 0.29) is 13.2 Å². The maximum Gasteiger partial charge on any atom is 0.410 e. The Bertz CT molecular complexity index is 575. The summed E-state index contributed by atoms with van der Waals surface area (Å²) >= 11 is 5.95. The van der Waals surface area contributed by atoms with Gasteiger partial charge in [0.25, 0.3) is 0 Å². The van der Waals surface area contributed by atoms with Crippen molar-refractivity contribution in [2.24, 2.45) is 0 Å². The molecule has 1 unspecified atom stereocenters. The molecule has 1 atom stereocenters. The lowest BCUT2D eigenvalue weighted by Crippen LogP contribution is -2.40. The van der Waals surface area contributed by atoms with Crippen molar-refractivity contribution in [3.63, 3.8) is 0 Å². The fourth-order valence-electron chi connectivity index (χ4n) is 2.51. The summed E-state index contributed by atoms with van der Waals surface area (Å²) < 4.78 is 4.96. The van der Waals surface area contributed by atoms with Crippen LogP contribution in [-0.2, 0) is 14.9 Å². The molecule has 1 aliphatic rings. The van der Waals surface area contributed by atoms with E-state index in [2.05, 4.69) is 6.58 Å². The fraction of sp³-hybridized carbons (Fsp3) is 0.333. The summed E-state index contributed by atoms with van der Waals surface area (Å²) in [5.74, 6) is -0.969. The maximum absolute atomic E-state index is 11.8. The molecule has 1 aliphatic heterocycles. The van der Waals surface area contributed by atoms with Crippen molar-refractivity contribution < 1.29 is 19.4 Å². The van der Waals surface area contributed by atoms with Crippen LogP contribution in [0.5, 0.6) is 0 Å². The summed E-state index contributed by atoms with van der Waals surface area (Å²) in [6, 6.07) is 6.75. The first-order chi connectivity index (χ1) is 9.99. The highest BCUT2D eigenvalue weighted by atomic mass is 35.5. The number of amides is 1. The molecule has 1 heterocycles. The molecule has 0 spiro atoms. The molecule has 0 saturated carbocycles. The van der Waals surface area contributed by atoms with Gasteiger partial charge in [0.05, 0.1) is 0 Å². The van der Waals surface area contributed by atoms with Gasteiger partial charge in [-0.1, -0.05) is 36.4 Å². The van der Waals surface area contributed by atoms with E-state index in [1.165, 1.54) is 11.0 Å². The van der Waals surface area contributed by atoms with Crippen LogP contribution >= 0.6 is 11.6 Å². The summed E-state index contributed by atoms with van der Waals surface area (Å²) in [5, 5.41) is 10.1. The average Bonchev–Trinajstić information content (AvgIpc) is 2.91. The highest BCUT2D eigenvalue weighted by molar-refractivity contribution is 6.30. The van der Waals surface area contributed by atoms with E-state index >= 15 is 0 Å². The Morgan fingerprint density at radius 2 is 2.29 bits per heavy atom. The molecule has 1 saturated heterocycles. The van der Waals surface area contributed by atoms with Crippen LogP contribution in [0.3, 0.4) is 0 Å². The second kappa shape index (κ2) is 6.18. The van der Waals surface area contributed by atoms with Crippen LogP contribution in [0.4, 0.5) is 4.79 Å². The Morgan fingerprint density at radius 1 is 1.52 bits per heavy atom. The quantitative estimate of drug-likeness (QED) is 0.868. The van der Waals surface area contributed by atoms with Crippen molar-refractivity contribution in [3.8, 4) is 0 Å². The molecule has 1 aromatic rings. The predicted octanol–water partition coefficient (Wildman–Crippen LogP) is 2.69. The zero-order chi connectivity index (χ0) is 15.5. The summed E-state index contributed by atoms with van der Waals surface area (Å²) in [4.78, 5) is 25.0. The van der Waals surface area contributed by atoms with Gasteiger partial charge in [0.1, 0.15) is 12.0 Å². The Morgan fingerprint density at radius 3 is 2.90 bits per heavy atom. The van der Waals surface area contributed by atoms with E-state index < -0.39 is 17.5 Å². The van der Waals surface area contributed by atoms with Crippen molar-refractivity contribution >= 4 is 23.7 Å². The van der Waals surface area contributed by atoms with Gasteiger partial charge in [0.15, 0.2) is 0 Å². The smallest absolute Gasteiger partial charge is 0.410 e. The number of ether oxygens (including phenoxy) is 1. The van der Waals surface area contributed by atoms with Crippen LogP contribution in [-0.4, -0.2) is 41.8 Å². The fourth-order valence-corrected chi connectivity index (χ4v) is 2.70. The van der Waals surface area contributed by atoms with Crippen LogP contribution in [0.15, 0.2) is 36.9 Å². The van der Waals surface area contributed by atoms with Crippen LogP contribution in [0.25, 0.3) is 0 Å². The van der Waals surface area contributed by atoms with E-state index in [0.29, 0.717) is 23.6 Å². The van der Waals surface area contributed by atoms with Crippen LogP contribution in [0.1, 0.15) is 12.0 Å². The number of likely N-dealkylation sites (tertiary alicyclic amines) is 1. The third-order valence-electron chi connectivity index (χ3n) is 3.64. The number of benzene rings is 1. The van der Waals surface area contributed by atoms with Crippen molar-refractivity contribution in [3.05, 3.63) is 47.5 Å². The number of carbonyl (C=O) groups is 2. The number of carboxylic acid groups (broad SMARTS) is 1. The number of hydrogen-bond donors (Lipinski definition) is 1. The lowest BCUT2D eigenvalue weighted by atomic mass is 9.80. The third kappa shape index (κ3) is 3.03. The largest absolute Gasteiger partial charge is 0.481 e. The summed E-state index contributed by atoms with van der Waals surface area (Å²) in [6.07, 6.45) is 1.27. The minimum Gasteiger partial charge on any atom is -0.481 e. The number of halogens is 1. The molecule has 6 heteroatoms. The Balaban J connectivity index is 2.24. The van der Waals surface area contributed by atoms with Gasteiger partial charge in [0, 0.05) is 18.1 Å². The molecule has 0 aromatic heterocycles. The number of rotatable bonds is 4. The van der Waals surface area contributed by atoms with Gasteiger partial charge in [0.2, 0.25) is 0 Å². The first-order valence-electron chi connectivity index (χ1n) is 6.51. The minimum absolute atomic E-state index is 0.0681. The van der Waals surface area contributed by atoms with E-state index in [1.54, 1.807) is 24.3 Å². The van der Waals surface area contributed by atoms with Gasteiger partial charge in [-0.15, -0.1) is 0 Å². The molecular weight excluding hydrogens is 294 g/mol. The lowest BCUT2D eigenvalue weighted by Gasteiger charge is -2.25. The maximum atomic E-state index is 11.8. The normalized spacial score (nSPS) is 21.1. The number of carboxylic acids is 1. The molecule has 2 rings (SSSR count). The van der Waals surface area contributed by atoms with Crippen LogP contribution < -0.4 is 0 Å². The second-order valence-electron chi connectivity index (χ2n) is 4.93. The molecule has 21 heavy (non-hydrogen) atoms. The number of carbonyl (C=O) groups excluding carboxylic acids is 1. The lowest BCUT2D eigenvalue weighted by molar-refractivity contribution is -0.143. The number of aliphatic carboxylic acids is 1. The highest BCUT2D eigenvalue weighted by Gasteiger charge is 2.48. The number of nitrogens with zero attached hydrogens (tertiary/aromatic N) is 1. The van der Waals surface area contributed by atoms with Gasteiger partial charge in [-0.25, -0.2) is 4.79 Å². The Kier molecular flexibility index (Phi) is 4.53. The molecular formula is C15H16ClNO4. The molecule has 0 aliphatic carbocycles. The van der Waals surface area contributed by atoms with Crippen LogP contribution in [0.2, 0.25) is 5.02 Å². The first kappa shape index (κ1) is 15.4. The van der Waals surface area contributed by atoms with Gasteiger partial charge in [-0.2, -0.15) is 0 Å². The Hall–Kier alpha value is -2.01. The van der Waals surface area contributed by atoms with Crippen molar-refractivity contribution in [1.29, 1.82) is 0 Å². The predicted molar refractivity (Wildman–Crippen MR) is 78.5 cm³/mol. The molecule has 1 fully saturated rings. The van der Waals surface area contributed by atoms with Gasteiger partial charge < -0.3 is 14.7 Å². The molecule has 1 amide bonds.